The average Bonchev–Trinajstić information content (AvgIpc) is 2.41. The van der Waals surface area contributed by atoms with Crippen molar-refractivity contribution < 1.29 is 4.42 Å². The first-order valence-electron chi connectivity index (χ1n) is 5.91. The molecule has 98 valence electrons. The summed E-state index contributed by atoms with van der Waals surface area (Å²) in [5.41, 5.74) is 7.13. The molecule has 0 saturated carbocycles. The number of benzene rings is 1. The van der Waals surface area contributed by atoms with Crippen molar-refractivity contribution in [2.45, 2.75) is 13.3 Å². The van der Waals surface area contributed by atoms with Crippen molar-refractivity contribution in [2.75, 3.05) is 0 Å². The third-order valence-corrected chi connectivity index (χ3v) is 3.26. The molecular weight excluding hydrogens is 258 g/mol. The van der Waals surface area contributed by atoms with Crippen LogP contribution in [0.1, 0.15) is 11.1 Å². The van der Waals surface area contributed by atoms with Gasteiger partial charge in [0.15, 0.2) is 0 Å². The van der Waals surface area contributed by atoms with Crippen molar-refractivity contribution in [1.82, 2.24) is 0 Å². The molecule has 2 rings (SSSR count). The molecule has 1 aromatic heterocycles. The molecule has 1 heterocycles. The fourth-order valence-corrected chi connectivity index (χ4v) is 2.20. The number of para-hydroxylation sites is 1. The quantitative estimate of drug-likeness (QED) is 0.513. The first kappa shape index (κ1) is 13.5. The molecule has 0 spiro atoms. The smallest absolute Gasteiger partial charge is 0.340 e. The number of nitrogens with two attached hydrogens (primary N) is 1. The summed E-state index contributed by atoms with van der Waals surface area (Å²) < 4.78 is 5.32. The molecule has 3 nitrogen and oxygen atoms in total. The number of thiol groups is 1. The SMILES string of the molecule is Cc1c(C/C(S)=C/C=C/N)c(=O)oc2ccccc12. The van der Waals surface area contributed by atoms with Crippen LogP contribution in [-0.4, -0.2) is 0 Å². The first-order chi connectivity index (χ1) is 9.13. The van der Waals surface area contributed by atoms with Crippen LogP contribution in [0.15, 0.2) is 56.7 Å². The van der Waals surface area contributed by atoms with Crippen molar-refractivity contribution in [3.05, 3.63) is 69.1 Å². The second kappa shape index (κ2) is 5.80. The molecule has 2 aromatic rings. The summed E-state index contributed by atoms with van der Waals surface area (Å²) in [4.78, 5) is 12.7. The zero-order chi connectivity index (χ0) is 13.8. The van der Waals surface area contributed by atoms with E-state index < -0.39 is 0 Å². The normalized spacial score (nSPS) is 12.4. The molecule has 19 heavy (non-hydrogen) atoms. The molecule has 0 aliphatic carbocycles. The Morgan fingerprint density at radius 3 is 2.89 bits per heavy atom. The molecule has 0 bridgehead atoms. The molecule has 0 aliphatic heterocycles. The molecule has 1 aromatic carbocycles. The molecule has 4 heteroatoms. The minimum absolute atomic E-state index is 0.312. The van der Waals surface area contributed by atoms with Crippen LogP contribution in [0.4, 0.5) is 0 Å². The predicted molar refractivity (Wildman–Crippen MR) is 81.3 cm³/mol. The number of aryl methyl sites for hydroxylation is 1. The fourth-order valence-electron chi connectivity index (χ4n) is 1.95. The highest BCUT2D eigenvalue weighted by Gasteiger charge is 2.11. The van der Waals surface area contributed by atoms with Gasteiger partial charge < -0.3 is 10.2 Å². The van der Waals surface area contributed by atoms with Gasteiger partial charge in [-0.3, -0.25) is 0 Å². The van der Waals surface area contributed by atoms with Crippen LogP contribution in [0.25, 0.3) is 11.0 Å². The summed E-state index contributed by atoms with van der Waals surface area (Å²) in [5.74, 6) is 0. The number of hydrogen-bond acceptors (Lipinski definition) is 4. The predicted octanol–water partition coefficient (Wildman–Crippen LogP) is 2.93. The van der Waals surface area contributed by atoms with E-state index in [1.165, 1.54) is 6.20 Å². The highest BCUT2D eigenvalue weighted by Crippen LogP contribution is 2.21. The Kier molecular flexibility index (Phi) is 4.12. The van der Waals surface area contributed by atoms with Crippen LogP contribution < -0.4 is 11.4 Å². The van der Waals surface area contributed by atoms with Crippen molar-refractivity contribution >= 4 is 23.6 Å². The largest absolute Gasteiger partial charge is 0.423 e. The van der Waals surface area contributed by atoms with E-state index >= 15 is 0 Å². The summed E-state index contributed by atoms with van der Waals surface area (Å²) in [6.07, 6.45) is 5.30. The fraction of sp³-hybridized carbons (Fsp3) is 0.133. The van der Waals surface area contributed by atoms with E-state index in [4.69, 9.17) is 10.2 Å². The van der Waals surface area contributed by atoms with Gasteiger partial charge in [-0.25, -0.2) is 4.79 Å². The van der Waals surface area contributed by atoms with Gasteiger partial charge in [0.05, 0.1) is 0 Å². The van der Waals surface area contributed by atoms with E-state index in [1.54, 1.807) is 18.2 Å². The van der Waals surface area contributed by atoms with Crippen molar-refractivity contribution in [3.8, 4) is 0 Å². The van der Waals surface area contributed by atoms with Gasteiger partial charge in [0.25, 0.3) is 0 Å². The van der Waals surface area contributed by atoms with E-state index in [2.05, 4.69) is 12.6 Å². The molecule has 0 unspecified atom stereocenters. The molecule has 2 N–H and O–H groups in total. The Labute approximate surface area is 116 Å². The van der Waals surface area contributed by atoms with E-state index in [0.717, 1.165) is 15.9 Å². The zero-order valence-electron chi connectivity index (χ0n) is 10.6. The van der Waals surface area contributed by atoms with Gasteiger partial charge in [-0.15, -0.1) is 12.6 Å². The van der Waals surface area contributed by atoms with Gasteiger partial charge in [0.1, 0.15) is 5.58 Å². The zero-order valence-corrected chi connectivity index (χ0v) is 11.5. The molecular formula is C15H15NO2S. The summed E-state index contributed by atoms with van der Waals surface area (Å²) >= 11 is 4.34. The summed E-state index contributed by atoms with van der Waals surface area (Å²) in [7, 11) is 0. The number of fused-ring (bicyclic) bond motifs is 1. The van der Waals surface area contributed by atoms with Crippen molar-refractivity contribution in [2.24, 2.45) is 5.73 Å². The van der Waals surface area contributed by atoms with E-state index in [1.807, 2.05) is 25.1 Å². The topological polar surface area (TPSA) is 56.2 Å². The van der Waals surface area contributed by atoms with Gasteiger partial charge >= 0.3 is 5.63 Å². The van der Waals surface area contributed by atoms with Crippen molar-refractivity contribution in [3.63, 3.8) is 0 Å². The molecule has 0 atom stereocenters. The maximum atomic E-state index is 12.0. The van der Waals surface area contributed by atoms with Crippen LogP contribution in [-0.2, 0) is 6.42 Å². The number of allylic oxidation sites excluding steroid dienone is 3. The van der Waals surface area contributed by atoms with Crippen LogP contribution in [0, 0.1) is 6.92 Å². The molecule has 0 saturated heterocycles. The molecule has 0 amide bonds. The summed E-state index contributed by atoms with van der Waals surface area (Å²) in [5, 5.41) is 0.951. The lowest BCUT2D eigenvalue weighted by atomic mass is 10.0. The Morgan fingerprint density at radius 1 is 1.42 bits per heavy atom. The Balaban J connectivity index is 2.52. The minimum atomic E-state index is -0.312. The Morgan fingerprint density at radius 2 is 2.16 bits per heavy atom. The standard InChI is InChI=1S/C15H15NO2S/c1-10-12-6-2-3-7-14(12)18-15(17)13(10)9-11(19)5-4-8-16/h2-8,19H,9,16H2,1H3/b8-4+,11-5-. The first-order valence-corrected chi connectivity index (χ1v) is 6.36. The van der Waals surface area contributed by atoms with Crippen LogP contribution in [0.2, 0.25) is 0 Å². The lowest BCUT2D eigenvalue weighted by Gasteiger charge is -2.07. The second-order valence-corrected chi connectivity index (χ2v) is 4.78. The van der Waals surface area contributed by atoms with E-state index in [-0.39, 0.29) is 5.63 Å². The van der Waals surface area contributed by atoms with E-state index in [9.17, 15) is 4.79 Å². The maximum Gasteiger partial charge on any atom is 0.340 e. The average molecular weight is 273 g/mol. The van der Waals surface area contributed by atoms with Gasteiger partial charge in [-0.1, -0.05) is 24.3 Å². The van der Waals surface area contributed by atoms with Gasteiger partial charge in [-0.05, 0) is 35.7 Å². The highest BCUT2D eigenvalue weighted by molar-refractivity contribution is 7.84. The Bertz CT molecular complexity index is 714. The highest BCUT2D eigenvalue weighted by atomic mass is 32.1. The van der Waals surface area contributed by atoms with Crippen molar-refractivity contribution in [1.29, 1.82) is 0 Å². The second-order valence-electron chi connectivity index (χ2n) is 4.21. The lowest BCUT2D eigenvalue weighted by Crippen LogP contribution is -2.10. The molecule has 0 aliphatic rings. The van der Waals surface area contributed by atoms with Crippen LogP contribution in [0.5, 0.6) is 0 Å². The van der Waals surface area contributed by atoms with Crippen LogP contribution in [0.3, 0.4) is 0 Å². The molecule has 0 fully saturated rings. The molecule has 0 radical (unpaired) electrons. The maximum absolute atomic E-state index is 12.0. The Hall–Kier alpha value is -1.94. The summed E-state index contributed by atoms with van der Waals surface area (Å²) in [6.45, 7) is 1.93. The van der Waals surface area contributed by atoms with E-state index in [0.29, 0.717) is 17.6 Å². The van der Waals surface area contributed by atoms with Gasteiger partial charge in [-0.2, -0.15) is 0 Å². The van der Waals surface area contributed by atoms with Gasteiger partial charge in [0, 0.05) is 17.4 Å². The summed E-state index contributed by atoms with van der Waals surface area (Å²) in [6, 6.07) is 7.51. The lowest BCUT2D eigenvalue weighted by molar-refractivity contribution is 0.551. The van der Waals surface area contributed by atoms with Gasteiger partial charge in [0.2, 0.25) is 0 Å². The number of hydrogen-bond donors (Lipinski definition) is 2. The third-order valence-electron chi connectivity index (χ3n) is 2.95. The third kappa shape index (κ3) is 2.90. The minimum Gasteiger partial charge on any atom is -0.423 e. The van der Waals surface area contributed by atoms with Crippen LogP contribution >= 0.6 is 12.6 Å². The number of rotatable bonds is 3. The monoisotopic (exact) mass is 273 g/mol.